The van der Waals surface area contributed by atoms with E-state index in [-0.39, 0.29) is 17.2 Å². The summed E-state index contributed by atoms with van der Waals surface area (Å²) >= 11 is 0. The van der Waals surface area contributed by atoms with Gasteiger partial charge in [-0.05, 0) is 48.2 Å². The van der Waals surface area contributed by atoms with Crippen molar-refractivity contribution in [3.8, 4) is 24.5 Å². The van der Waals surface area contributed by atoms with Crippen molar-refractivity contribution in [3.63, 3.8) is 0 Å². The molecular formula is C33H27FN8. The monoisotopic (exact) mass is 555 g/mol. The van der Waals surface area contributed by atoms with E-state index in [0.29, 0.717) is 46.0 Å². The molecule has 1 saturated carbocycles. The molecule has 0 bridgehead atoms. The lowest BCUT2D eigenvalue weighted by atomic mass is 9.99. The Morgan fingerprint density at radius 3 is 2.50 bits per heavy atom. The summed E-state index contributed by atoms with van der Waals surface area (Å²) < 4.78 is 23.6. The molecule has 0 saturated heterocycles. The molecule has 2 atom stereocenters. The Morgan fingerprint density at radius 2 is 1.81 bits per heavy atom. The maximum absolute atomic E-state index is 13.9. The topological polar surface area (TPSA) is 112 Å². The number of aromatic nitrogens is 1. The van der Waals surface area contributed by atoms with Gasteiger partial charge in [0.05, 0.1) is 41.5 Å². The van der Waals surface area contributed by atoms with Crippen LogP contribution in [-0.4, -0.2) is 16.0 Å². The molecular weight excluding hydrogens is 527 g/mol. The molecule has 206 valence electrons. The van der Waals surface area contributed by atoms with Crippen LogP contribution in [0.4, 0.5) is 15.8 Å². The number of hydrogen-bond acceptors (Lipinski definition) is 8. The van der Waals surface area contributed by atoms with Crippen molar-refractivity contribution in [2.24, 2.45) is 0 Å². The van der Waals surface area contributed by atoms with Crippen molar-refractivity contribution >= 4 is 22.3 Å². The van der Waals surface area contributed by atoms with Crippen LogP contribution in [0.1, 0.15) is 54.9 Å². The Morgan fingerprint density at radius 1 is 1.05 bits per heavy atom. The molecule has 0 amide bonds. The highest BCUT2D eigenvalue weighted by Crippen LogP contribution is 2.36. The van der Waals surface area contributed by atoms with Gasteiger partial charge in [0, 0.05) is 35.9 Å². The standard InChI is InChI=1S/C33H27FN8/c1-2-6-29(21-7-4-3-5-8-21)39-32-24(18-36)19-37-31-23(17-35)15-26(16-28(31)32)38-33(22-9-11-25(34)12-10-22)30-20-42(41-40-30)27-13-14-27/h1,3-5,7-12,15-16,19-20,27,29,33,38,40-41H,6,13-14H2,(H,37,39)/t29-,33-/m1/s1/i33D. The third-order valence-corrected chi connectivity index (χ3v) is 7.25. The van der Waals surface area contributed by atoms with Crippen molar-refractivity contribution in [2.45, 2.75) is 37.4 Å². The molecule has 4 N–H and O–H groups in total. The Bertz CT molecular complexity index is 1830. The van der Waals surface area contributed by atoms with Crippen LogP contribution in [0.15, 0.2) is 84.8 Å². The molecule has 6 rings (SSSR count). The summed E-state index contributed by atoms with van der Waals surface area (Å²) in [4.78, 5) is 4.45. The van der Waals surface area contributed by atoms with E-state index in [1.54, 1.807) is 24.3 Å². The van der Waals surface area contributed by atoms with Gasteiger partial charge in [0.2, 0.25) is 0 Å². The summed E-state index contributed by atoms with van der Waals surface area (Å²) in [5.74, 6) is 2.29. The predicted octanol–water partition coefficient (Wildman–Crippen LogP) is 5.78. The second kappa shape index (κ2) is 11.5. The maximum Gasteiger partial charge on any atom is 0.123 e. The molecule has 8 nitrogen and oxygen atoms in total. The Labute approximate surface area is 244 Å². The highest BCUT2D eigenvalue weighted by Gasteiger charge is 2.32. The van der Waals surface area contributed by atoms with E-state index in [0.717, 1.165) is 18.4 Å². The van der Waals surface area contributed by atoms with Gasteiger partial charge in [0.15, 0.2) is 0 Å². The van der Waals surface area contributed by atoms with Crippen LogP contribution in [0.25, 0.3) is 10.9 Å². The first-order valence-electron chi connectivity index (χ1n) is 14.0. The third-order valence-electron chi connectivity index (χ3n) is 7.25. The first kappa shape index (κ1) is 25.4. The summed E-state index contributed by atoms with van der Waals surface area (Å²) in [5.41, 5.74) is 9.97. The van der Waals surface area contributed by atoms with Crippen molar-refractivity contribution in [1.82, 2.24) is 21.0 Å². The summed E-state index contributed by atoms with van der Waals surface area (Å²) in [5, 5.41) is 29.3. The van der Waals surface area contributed by atoms with Crippen LogP contribution >= 0.6 is 0 Å². The second-order valence-corrected chi connectivity index (χ2v) is 10.1. The highest BCUT2D eigenvalue weighted by molar-refractivity contribution is 5.99. The molecule has 0 spiro atoms. The van der Waals surface area contributed by atoms with Gasteiger partial charge < -0.3 is 16.1 Å². The van der Waals surface area contributed by atoms with E-state index >= 15 is 0 Å². The lowest BCUT2D eigenvalue weighted by Gasteiger charge is -2.23. The van der Waals surface area contributed by atoms with Gasteiger partial charge in [-0.2, -0.15) is 10.5 Å². The van der Waals surface area contributed by atoms with E-state index in [1.165, 1.54) is 18.3 Å². The molecule has 2 aliphatic rings. The average molecular weight is 556 g/mol. The van der Waals surface area contributed by atoms with E-state index in [1.807, 2.05) is 41.5 Å². The summed E-state index contributed by atoms with van der Waals surface area (Å²) in [6, 6.07) is 21.6. The Kier molecular flexibility index (Phi) is 6.96. The minimum absolute atomic E-state index is 0.258. The molecule has 4 aromatic rings. The molecule has 1 aromatic heterocycles. The molecule has 1 aliphatic heterocycles. The molecule has 0 radical (unpaired) electrons. The maximum atomic E-state index is 13.9. The second-order valence-electron chi connectivity index (χ2n) is 10.1. The van der Waals surface area contributed by atoms with Crippen molar-refractivity contribution < 1.29 is 5.76 Å². The fourth-order valence-corrected chi connectivity index (χ4v) is 4.99. The third kappa shape index (κ3) is 5.40. The molecule has 1 aliphatic carbocycles. The Hall–Kier alpha value is -5.56. The zero-order valence-electron chi connectivity index (χ0n) is 23.5. The SMILES string of the molecule is [2H][C@](Nc1cc(C#N)c2ncc(C#N)c(N[C@H](CC#C)c3ccccc3)c2c1)(C1=CN(C2CC2)NN1)c1ccc(F)cc1. The Balaban J connectivity index is 1.47. The number of hydrazine groups is 2. The van der Waals surface area contributed by atoms with Crippen LogP contribution in [0.3, 0.4) is 0 Å². The summed E-state index contributed by atoms with van der Waals surface area (Å²) in [6.07, 6.45) is 11.4. The van der Waals surface area contributed by atoms with Crippen molar-refractivity contribution in [3.05, 3.63) is 113 Å². The van der Waals surface area contributed by atoms with E-state index < -0.39 is 11.8 Å². The van der Waals surface area contributed by atoms with Crippen LogP contribution in [0.2, 0.25) is 0 Å². The minimum Gasteiger partial charge on any atom is -0.376 e. The molecule has 2 heterocycles. The zero-order valence-corrected chi connectivity index (χ0v) is 22.5. The van der Waals surface area contributed by atoms with Crippen LogP contribution in [0.5, 0.6) is 0 Å². The highest BCUT2D eigenvalue weighted by atomic mass is 19.1. The van der Waals surface area contributed by atoms with Gasteiger partial charge in [-0.1, -0.05) is 42.5 Å². The number of halogens is 1. The molecule has 0 unspecified atom stereocenters. The summed E-state index contributed by atoms with van der Waals surface area (Å²) in [7, 11) is 0. The zero-order chi connectivity index (χ0) is 30.0. The molecule has 42 heavy (non-hydrogen) atoms. The van der Waals surface area contributed by atoms with E-state index in [9.17, 15) is 16.3 Å². The lowest BCUT2D eigenvalue weighted by Crippen LogP contribution is -2.38. The van der Waals surface area contributed by atoms with Gasteiger partial charge in [-0.3, -0.25) is 9.99 Å². The number of benzene rings is 3. The molecule has 3 aromatic carbocycles. The fraction of sp³-hybridized carbons (Fsp3) is 0.182. The largest absolute Gasteiger partial charge is 0.376 e. The first-order chi connectivity index (χ1) is 20.9. The predicted molar refractivity (Wildman–Crippen MR) is 159 cm³/mol. The van der Waals surface area contributed by atoms with Crippen molar-refractivity contribution in [2.75, 3.05) is 10.6 Å². The fourth-order valence-electron chi connectivity index (χ4n) is 4.99. The number of nitrogens with one attached hydrogen (secondary N) is 4. The van der Waals surface area contributed by atoms with Crippen LogP contribution in [-0.2, 0) is 0 Å². The first-order valence-corrected chi connectivity index (χ1v) is 13.5. The van der Waals surface area contributed by atoms with Gasteiger partial charge >= 0.3 is 0 Å². The van der Waals surface area contributed by atoms with Crippen LogP contribution < -0.4 is 21.6 Å². The van der Waals surface area contributed by atoms with Gasteiger partial charge in [0.25, 0.3) is 0 Å². The van der Waals surface area contributed by atoms with Gasteiger partial charge in [0.1, 0.15) is 18.0 Å². The number of hydrogen-bond donors (Lipinski definition) is 4. The normalized spacial score (nSPS) is 16.6. The number of anilines is 2. The number of nitrogens with zero attached hydrogens (tertiary/aromatic N) is 4. The van der Waals surface area contributed by atoms with Crippen LogP contribution in [0, 0.1) is 40.8 Å². The number of fused-ring (bicyclic) bond motifs is 1. The van der Waals surface area contributed by atoms with E-state index in [4.69, 9.17) is 6.42 Å². The minimum atomic E-state index is -1.60. The smallest absolute Gasteiger partial charge is 0.123 e. The molecule has 1 fully saturated rings. The number of rotatable bonds is 9. The van der Waals surface area contributed by atoms with Gasteiger partial charge in [-0.15, -0.1) is 17.9 Å². The summed E-state index contributed by atoms with van der Waals surface area (Å²) in [6.45, 7) is 0. The average Bonchev–Trinajstić information content (AvgIpc) is 3.76. The number of terminal acetylenes is 1. The van der Waals surface area contributed by atoms with Crippen molar-refractivity contribution in [1.29, 1.82) is 10.5 Å². The number of nitriles is 2. The molecule has 9 heteroatoms. The lowest BCUT2D eigenvalue weighted by molar-refractivity contribution is 0.260. The quantitative estimate of drug-likeness (QED) is 0.193. The van der Waals surface area contributed by atoms with E-state index in [2.05, 4.69) is 44.6 Å². The van der Waals surface area contributed by atoms with Gasteiger partial charge in [-0.25, -0.2) is 4.39 Å². The number of pyridine rings is 1.